The van der Waals surface area contributed by atoms with Gasteiger partial charge in [0.05, 0.1) is 6.07 Å². The molecule has 0 bridgehead atoms. The lowest BCUT2D eigenvalue weighted by Gasteiger charge is -2.27. The monoisotopic (exact) mass is 317 g/mol. The SMILES string of the molecule is N#CCNC(=O)[C@H](CC1CCCCC1)NC(=O)C1=CCCCC1. The molecule has 0 radical (unpaired) electrons. The van der Waals surface area contributed by atoms with Gasteiger partial charge < -0.3 is 10.6 Å². The smallest absolute Gasteiger partial charge is 0.247 e. The van der Waals surface area contributed by atoms with Gasteiger partial charge >= 0.3 is 0 Å². The van der Waals surface area contributed by atoms with Crippen molar-refractivity contribution in [2.75, 3.05) is 6.54 Å². The molecule has 0 spiro atoms. The van der Waals surface area contributed by atoms with Gasteiger partial charge in [0.1, 0.15) is 12.6 Å². The van der Waals surface area contributed by atoms with Crippen LogP contribution in [-0.2, 0) is 9.59 Å². The summed E-state index contributed by atoms with van der Waals surface area (Å²) in [4.78, 5) is 24.7. The van der Waals surface area contributed by atoms with Gasteiger partial charge in [-0.2, -0.15) is 5.26 Å². The summed E-state index contributed by atoms with van der Waals surface area (Å²) in [6.45, 7) is -0.0153. The first-order valence-corrected chi connectivity index (χ1v) is 8.85. The maximum atomic E-state index is 12.4. The van der Waals surface area contributed by atoms with Crippen LogP contribution in [0.1, 0.15) is 64.2 Å². The minimum Gasteiger partial charge on any atom is -0.341 e. The minimum absolute atomic E-state index is 0.0153. The lowest BCUT2D eigenvalue weighted by Crippen LogP contribution is -2.48. The molecule has 0 aliphatic heterocycles. The molecule has 0 unspecified atom stereocenters. The summed E-state index contributed by atoms with van der Waals surface area (Å²) < 4.78 is 0. The molecule has 23 heavy (non-hydrogen) atoms. The van der Waals surface area contributed by atoms with Crippen LogP contribution < -0.4 is 10.6 Å². The lowest BCUT2D eigenvalue weighted by molar-refractivity contribution is -0.127. The number of allylic oxidation sites excluding steroid dienone is 1. The number of nitrogens with one attached hydrogen (secondary N) is 2. The van der Waals surface area contributed by atoms with Crippen molar-refractivity contribution < 1.29 is 9.59 Å². The van der Waals surface area contributed by atoms with Crippen molar-refractivity contribution in [1.29, 1.82) is 5.26 Å². The third-order valence-corrected chi connectivity index (χ3v) is 4.84. The van der Waals surface area contributed by atoms with Gasteiger partial charge in [-0.3, -0.25) is 9.59 Å². The molecule has 2 amide bonds. The Morgan fingerprint density at radius 2 is 2.00 bits per heavy atom. The molecule has 1 saturated carbocycles. The zero-order chi connectivity index (χ0) is 16.5. The quantitative estimate of drug-likeness (QED) is 0.739. The fourth-order valence-corrected chi connectivity index (χ4v) is 3.53. The molecule has 2 N–H and O–H groups in total. The second-order valence-electron chi connectivity index (χ2n) is 6.62. The average molecular weight is 317 g/mol. The number of nitriles is 1. The predicted molar refractivity (Wildman–Crippen MR) is 88.3 cm³/mol. The summed E-state index contributed by atoms with van der Waals surface area (Å²) >= 11 is 0. The highest BCUT2D eigenvalue weighted by Gasteiger charge is 2.26. The topological polar surface area (TPSA) is 82.0 Å². The van der Waals surface area contributed by atoms with Gasteiger partial charge in [-0.05, 0) is 38.0 Å². The second kappa shape index (κ2) is 9.34. The highest BCUT2D eigenvalue weighted by molar-refractivity contribution is 5.97. The Morgan fingerprint density at radius 1 is 1.22 bits per heavy atom. The summed E-state index contributed by atoms with van der Waals surface area (Å²) in [5.74, 6) is 0.140. The maximum Gasteiger partial charge on any atom is 0.247 e. The molecule has 0 aromatic carbocycles. The van der Waals surface area contributed by atoms with Gasteiger partial charge in [-0.25, -0.2) is 0 Å². The number of nitrogens with zero attached hydrogens (tertiary/aromatic N) is 1. The molecule has 0 heterocycles. The van der Waals surface area contributed by atoms with E-state index in [0.29, 0.717) is 12.3 Å². The van der Waals surface area contributed by atoms with E-state index in [1.807, 2.05) is 12.1 Å². The minimum atomic E-state index is -0.526. The highest BCUT2D eigenvalue weighted by atomic mass is 16.2. The summed E-state index contributed by atoms with van der Waals surface area (Å²) in [5, 5.41) is 14.2. The number of hydrogen-bond donors (Lipinski definition) is 2. The van der Waals surface area contributed by atoms with Gasteiger partial charge in [0.15, 0.2) is 0 Å². The molecule has 2 aliphatic rings. The zero-order valence-electron chi connectivity index (χ0n) is 13.8. The van der Waals surface area contributed by atoms with Crippen molar-refractivity contribution >= 4 is 11.8 Å². The molecule has 0 aromatic rings. The zero-order valence-corrected chi connectivity index (χ0v) is 13.8. The van der Waals surface area contributed by atoms with E-state index >= 15 is 0 Å². The van der Waals surface area contributed by atoms with Crippen molar-refractivity contribution in [3.8, 4) is 6.07 Å². The van der Waals surface area contributed by atoms with E-state index in [1.165, 1.54) is 19.3 Å². The number of carbonyl (C=O) groups excluding carboxylic acids is 2. The van der Waals surface area contributed by atoms with E-state index in [9.17, 15) is 9.59 Å². The molecule has 0 aromatic heterocycles. The summed E-state index contributed by atoms with van der Waals surface area (Å²) in [6, 6.07) is 1.39. The van der Waals surface area contributed by atoms with Crippen LogP contribution >= 0.6 is 0 Å². The van der Waals surface area contributed by atoms with Gasteiger partial charge in [0.2, 0.25) is 11.8 Å². The van der Waals surface area contributed by atoms with Crippen LogP contribution in [0.2, 0.25) is 0 Å². The molecular weight excluding hydrogens is 290 g/mol. The van der Waals surface area contributed by atoms with Crippen LogP contribution in [0.4, 0.5) is 0 Å². The first-order valence-electron chi connectivity index (χ1n) is 8.85. The second-order valence-corrected chi connectivity index (χ2v) is 6.62. The van der Waals surface area contributed by atoms with E-state index in [0.717, 1.165) is 44.1 Å². The fourth-order valence-electron chi connectivity index (χ4n) is 3.53. The van der Waals surface area contributed by atoms with Crippen LogP contribution in [0.3, 0.4) is 0 Å². The summed E-state index contributed by atoms with van der Waals surface area (Å²) in [5.41, 5.74) is 0.804. The third-order valence-electron chi connectivity index (χ3n) is 4.84. The van der Waals surface area contributed by atoms with Gasteiger partial charge in [0, 0.05) is 5.57 Å². The largest absolute Gasteiger partial charge is 0.341 e. The van der Waals surface area contributed by atoms with Crippen LogP contribution in [0, 0.1) is 17.2 Å². The van der Waals surface area contributed by atoms with Crippen molar-refractivity contribution in [3.63, 3.8) is 0 Å². The first-order chi connectivity index (χ1) is 11.2. The number of rotatable bonds is 6. The molecule has 126 valence electrons. The molecular formula is C18H27N3O2. The van der Waals surface area contributed by atoms with Gasteiger partial charge in [0.25, 0.3) is 0 Å². The standard InChI is InChI=1S/C18H27N3O2/c19-11-12-20-18(23)16(13-14-7-3-1-4-8-14)21-17(22)15-9-5-2-6-10-15/h9,14,16H,1-8,10,12-13H2,(H,20,23)(H,21,22)/t16-/m0/s1. The van der Waals surface area contributed by atoms with Crippen LogP contribution in [0.15, 0.2) is 11.6 Å². The molecule has 2 rings (SSSR count). The van der Waals surface area contributed by atoms with E-state index in [1.54, 1.807) is 0 Å². The Labute approximate surface area is 138 Å². The first kappa shape index (κ1) is 17.5. The average Bonchev–Trinajstić information content (AvgIpc) is 2.60. The van der Waals surface area contributed by atoms with E-state index in [2.05, 4.69) is 10.6 Å². The van der Waals surface area contributed by atoms with Gasteiger partial charge in [-0.15, -0.1) is 0 Å². The van der Waals surface area contributed by atoms with Crippen molar-refractivity contribution in [3.05, 3.63) is 11.6 Å². The Bertz CT molecular complexity index is 487. The number of carbonyl (C=O) groups is 2. The molecule has 2 aliphatic carbocycles. The Hall–Kier alpha value is -1.83. The number of amides is 2. The Kier molecular flexibility index (Phi) is 7.12. The Balaban J connectivity index is 1.96. The third kappa shape index (κ3) is 5.70. The van der Waals surface area contributed by atoms with E-state index in [4.69, 9.17) is 5.26 Å². The van der Waals surface area contributed by atoms with Gasteiger partial charge in [-0.1, -0.05) is 38.2 Å². The summed E-state index contributed by atoms with van der Waals surface area (Å²) in [7, 11) is 0. The van der Waals surface area contributed by atoms with Crippen molar-refractivity contribution in [2.24, 2.45) is 5.92 Å². The van der Waals surface area contributed by atoms with Crippen LogP contribution in [0.5, 0.6) is 0 Å². The lowest BCUT2D eigenvalue weighted by atomic mass is 9.84. The van der Waals surface area contributed by atoms with Crippen molar-refractivity contribution in [1.82, 2.24) is 10.6 Å². The maximum absolute atomic E-state index is 12.4. The fraction of sp³-hybridized carbons (Fsp3) is 0.722. The number of hydrogen-bond acceptors (Lipinski definition) is 3. The molecule has 5 heteroatoms. The van der Waals surface area contributed by atoms with Crippen LogP contribution in [-0.4, -0.2) is 24.4 Å². The highest BCUT2D eigenvalue weighted by Crippen LogP contribution is 2.27. The predicted octanol–water partition coefficient (Wildman–Crippen LogP) is 2.58. The van der Waals surface area contributed by atoms with Crippen molar-refractivity contribution in [2.45, 2.75) is 70.3 Å². The Morgan fingerprint density at radius 3 is 2.65 bits per heavy atom. The normalized spacial score (nSPS) is 20.0. The van der Waals surface area contributed by atoms with Crippen LogP contribution in [0.25, 0.3) is 0 Å². The molecule has 1 fully saturated rings. The molecule has 5 nitrogen and oxygen atoms in total. The summed E-state index contributed by atoms with van der Waals surface area (Å²) in [6.07, 6.45) is 12.5. The van der Waals surface area contributed by atoms with E-state index < -0.39 is 6.04 Å². The molecule has 0 saturated heterocycles. The van der Waals surface area contributed by atoms with E-state index in [-0.39, 0.29) is 18.4 Å². The molecule has 1 atom stereocenters.